The molecule has 1 heterocycles. The molecule has 1 fully saturated rings. The number of thiocarbonyl (C=S) groups is 1. The largest absolute Gasteiger partial charge is 0.493 e. The number of carbonyl (C=O) groups excluding carboxylic acids is 2. The van der Waals surface area contributed by atoms with E-state index in [2.05, 4.69) is 0 Å². The third kappa shape index (κ3) is 5.51. The van der Waals surface area contributed by atoms with E-state index in [1.54, 1.807) is 18.2 Å². The lowest BCUT2D eigenvalue weighted by atomic mass is 10.1. The second-order valence-corrected chi connectivity index (χ2v) is 8.29. The van der Waals surface area contributed by atoms with Crippen LogP contribution < -0.4 is 9.47 Å². The summed E-state index contributed by atoms with van der Waals surface area (Å²) in [6, 6.07) is 10.1. The number of hydrogen-bond acceptors (Lipinski definition) is 7. The molecule has 0 atom stereocenters. The predicted molar refractivity (Wildman–Crippen MR) is 121 cm³/mol. The highest BCUT2D eigenvalue weighted by atomic mass is 32.2. The molecule has 10 heteroatoms. The van der Waals surface area contributed by atoms with E-state index < -0.39 is 17.8 Å². The molecule has 2 aromatic rings. The lowest BCUT2D eigenvalue weighted by Gasteiger charge is -2.13. The van der Waals surface area contributed by atoms with E-state index in [0.29, 0.717) is 21.2 Å². The summed E-state index contributed by atoms with van der Waals surface area (Å²) in [5, 5.41) is 8.76. The summed E-state index contributed by atoms with van der Waals surface area (Å²) < 4.78 is 24.7. The van der Waals surface area contributed by atoms with Crippen LogP contribution in [0.15, 0.2) is 47.4 Å². The van der Waals surface area contributed by atoms with E-state index >= 15 is 0 Å². The minimum absolute atomic E-state index is 0.0552. The van der Waals surface area contributed by atoms with Gasteiger partial charge in [0.15, 0.2) is 11.5 Å². The zero-order valence-electron chi connectivity index (χ0n) is 16.9. The van der Waals surface area contributed by atoms with Crippen LogP contribution in [0.2, 0.25) is 0 Å². The first-order valence-corrected chi connectivity index (χ1v) is 10.6. The summed E-state index contributed by atoms with van der Waals surface area (Å²) in [7, 11) is 1.39. The van der Waals surface area contributed by atoms with Gasteiger partial charge in [-0.3, -0.25) is 14.5 Å². The number of ether oxygens (including phenoxy) is 2. The molecule has 7 nitrogen and oxygen atoms in total. The number of halogens is 1. The highest BCUT2D eigenvalue weighted by Gasteiger charge is 2.31. The molecule has 1 aliphatic heterocycles. The molecule has 2 aromatic carbocycles. The maximum absolute atomic E-state index is 13.8. The molecule has 0 saturated carbocycles. The van der Waals surface area contributed by atoms with E-state index in [0.717, 1.165) is 17.8 Å². The van der Waals surface area contributed by atoms with Gasteiger partial charge in [-0.2, -0.15) is 0 Å². The van der Waals surface area contributed by atoms with Crippen LogP contribution in [0.25, 0.3) is 6.08 Å². The summed E-state index contributed by atoms with van der Waals surface area (Å²) in [5.74, 6) is -2.48. The molecule has 0 radical (unpaired) electrons. The van der Waals surface area contributed by atoms with Gasteiger partial charge < -0.3 is 14.6 Å². The first kappa shape index (κ1) is 23.4. The summed E-state index contributed by atoms with van der Waals surface area (Å²) in [6.45, 7) is 0.225. The molecule has 0 unspecified atom stereocenters. The summed E-state index contributed by atoms with van der Waals surface area (Å²) in [4.78, 5) is 37.3. The minimum Gasteiger partial charge on any atom is -0.493 e. The van der Waals surface area contributed by atoms with Crippen LogP contribution in [0.3, 0.4) is 0 Å². The Morgan fingerprint density at radius 3 is 2.66 bits per heavy atom. The lowest BCUT2D eigenvalue weighted by Crippen LogP contribution is -2.29. The zero-order chi connectivity index (χ0) is 23.3. The zero-order valence-corrected chi connectivity index (χ0v) is 18.5. The number of thioether (sulfide) groups is 1. The predicted octanol–water partition coefficient (Wildman–Crippen LogP) is 4.12. The Morgan fingerprint density at radius 1 is 1.22 bits per heavy atom. The Hall–Kier alpha value is -3.24. The van der Waals surface area contributed by atoms with Crippen LogP contribution in [0.1, 0.15) is 28.8 Å². The molecule has 0 bridgehead atoms. The van der Waals surface area contributed by atoms with Gasteiger partial charge in [0.1, 0.15) is 10.1 Å². The molecule has 1 amide bonds. The Bertz CT molecular complexity index is 1120. The Labute approximate surface area is 192 Å². The van der Waals surface area contributed by atoms with Crippen molar-refractivity contribution < 1.29 is 33.4 Å². The van der Waals surface area contributed by atoms with Crippen molar-refractivity contribution in [3.05, 3.63) is 64.3 Å². The number of carbonyl (C=O) groups is 3. The summed E-state index contributed by atoms with van der Waals surface area (Å²) in [5.41, 5.74) is 0.392. The van der Waals surface area contributed by atoms with Crippen LogP contribution in [0, 0.1) is 5.82 Å². The number of hydrogen-bond donors (Lipinski definition) is 1. The molecular weight excluding hydrogens is 457 g/mol. The number of aliphatic carboxylic acids is 1. The van der Waals surface area contributed by atoms with Crippen LogP contribution in [0.5, 0.6) is 11.5 Å². The summed E-state index contributed by atoms with van der Waals surface area (Å²) >= 11 is 6.35. The second-order valence-electron chi connectivity index (χ2n) is 6.61. The number of methoxy groups -OCH3 is 1. The van der Waals surface area contributed by atoms with Gasteiger partial charge in [0.2, 0.25) is 0 Å². The maximum atomic E-state index is 13.8. The number of carboxylic acids is 1. The van der Waals surface area contributed by atoms with Gasteiger partial charge in [0, 0.05) is 13.0 Å². The minimum atomic E-state index is -0.936. The van der Waals surface area contributed by atoms with E-state index in [-0.39, 0.29) is 35.9 Å². The molecule has 3 rings (SSSR count). The van der Waals surface area contributed by atoms with Gasteiger partial charge in [-0.25, -0.2) is 9.18 Å². The van der Waals surface area contributed by atoms with Crippen molar-refractivity contribution >= 4 is 52.2 Å². The van der Waals surface area contributed by atoms with Crippen LogP contribution in [-0.2, 0) is 9.59 Å². The molecule has 1 saturated heterocycles. The molecule has 0 spiro atoms. The third-order valence-electron chi connectivity index (χ3n) is 4.43. The van der Waals surface area contributed by atoms with Crippen LogP contribution >= 0.6 is 24.0 Å². The Morgan fingerprint density at radius 2 is 1.97 bits per heavy atom. The van der Waals surface area contributed by atoms with Gasteiger partial charge in [-0.15, -0.1) is 0 Å². The fraction of sp³-hybridized carbons (Fsp3) is 0.182. The van der Waals surface area contributed by atoms with Crippen molar-refractivity contribution in [3.63, 3.8) is 0 Å². The van der Waals surface area contributed by atoms with Crippen molar-refractivity contribution in [2.75, 3.05) is 13.7 Å². The van der Waals surface area contributed by atoms with Crippen LogP contribution in [-0.4, -0.2) is 45.8 Å². The van der Waals surface area contributed by atoms with Crippen LogP contribution in [0.4, 0.5) is 4.39 Å². The standard InChI is InChI=1S/C22H18FNO6S2/c1-29-17-11-13(8-9-16(17)30-21(28)14-5-2-3-6-15(14)23)12-18-20(27)24(22(31)32-18)10-4-7-19(25)26/h2-3,5-6,8-9,11-12H,4,7,10H2,1H3,(H,25,26)/b18-12-. The number of rotatable bonds is 8. The van der Waals surface area contributed by atoms with Crippen molar-refractivity contribution in [3.8, 4) is 11.5 Å². The highest BCUT2D eigenvalue weighted by Crippen LogP contribution is 2.35. The monoisotopic (exact) mass is 475 g/mol. The SMILES string of the molecule is COc1cc(/C=C2\SC(=S)N(CCCC(=O)O)C2=O)ccc1OC(=O)c1ccccc1F. The van der Waals surface area contributed by atoms with Crippen molar-refractivity contribution in [1.29, 1.82) is 0 Å². The van der Waals surface area contributed by atoms with E-state index in [4.69, 9.17) is 26.8 Å². The molecule has 166 valence electrons. The van der Waals surface area contributed by atoms with E-state index in [1.807, 2.05) is 0 Å². The van der Waals surface area contributed by atoms with E-state index in [1.165, 1.54) is 36.3 Å². The quantitative estimate of drug-likeness (QED) is 0.264. The van der Waals surface area contributed by atoms with Gasteiger partial charge in [0.25, 0.3) is 5.91 Å². The molecular formula is C22H18FNO6S2. The maximum Gasteiger partial charge on any atom is 0.346 e. The molecule has 1 N–H and O–H groups in total. The first-order chi connectivity index (χ1) is 15.3. The first-order valence-electron chi connectivity index (χ1n) is 9.42. The van der Waals surface area contributed by atoms with Crippen molar-refractivity contribution in [1.82, 2.24) is 4.90 Å². The number of nitrogens with zero attached hydrogens (tertiary/aromatic N) is 1. The Kier molecular flexibility index (Phi) is 7.60. The number of benzene rings is 2. The average molecular weight is 476 g/mol. The second kappa shape index (κ2) is 10.4. The van der Waals surface area contributed by atoms with Gasteiger partial charge in [0.05, 0.1) is 17.6 Å². The molecule has 32 heavy (non-hydrogen) atoms. The molecule has 1 aliphatic rings. The number of amides is 1. The van der Waals surface area contributed by atoms with Gasteiger partial charge in [-0.05, 0) is 42.3 Å². The Balaban J connectivity index is 1.76. The highest BCUT2D eigenvalue weighted by molar-refractivity contribution is 8.26. The average Bonchev–Trinajstić information content (AvgIpc) is 3.02. The molecule has 0 aromatic heterocycles. The van der Waals surface area contributed by atoms with Gasteiger partial charge >= 0.3 is 11.9 Å². The molecule has 0 aliphatic carbocycles. The summed E-state index contributed by atoms with van der Waals surface area (Å²) in [6.07, 6.45) is 1.85. The van der Waals surface area contributed by atoms with Crippen molar-refractivity contribution in [2.24, 2.45) is 0 Å². The lowest BCUT2D eigenvalue weighted by molar-refractivity contribution is -0.137. The van der Waals surface area contributed by atoms with E-state index in [9.17, 15) is 18.8 Å². The normalized spacial score (nSPS) is 14.7. The van der Waals surface area contributed by atoms with Crippen molar-refractivity contribution in [2.45, 2.75) is 12.8 Å². The van der Waals surface area contributed by atoms with Gasteiger partial charge in [-0.1, -0.05) is 42.2 Å². The smallest absolute Gasteiger partial charge is 0.346 e. The topological polar surface area (TPSA) is 93.1 Å². The number of carboxylic acid groups (broad SMARTS) is 1. The fourth-order valence-corrected chi connectivity index (χ4v) is 4.18. The third-order valence-corrected chi connectivity index (χ3v) is 5.81. The fourth-order valence-electron chi connectivity index (χ4n) is 2.87. The number of esters is 1.